The molecular formula is C19H29N5O. The number of hydrogen-bond acceptors (Lipinski definition) is 4. The van der Waals surface area contributed by atoms with Crippen LogP contribution in [-0.2, 0) is 7.05 Å². The van der Waals surface area contributed by atoms with E-state index >= 15 is 0 Å². The van der Waals surface area contributed by atoms with E-state index < -0.39 is 0 Å². The average Bonchev–Trinajstić information content (AvgIpc) is 3.05. The maximum Gasteiger partial charge on any atom is 0.253 e. The second kappa shape index (κ2) is 9.32. The summed E-state index contributed by atoms with van der Waals surface area (Å²) in [5.74, 6) is -0.0754. The predicted molar refractivity (Wildman–Crippen MR) is 100 cm³/mol. The van der Waals surface area contributed by atoms with Crippen LogP contribution < -0.4 is 5.32 Å². The number of pyridine rings is 1. The predicted octanol–water partition coefficient (Wildman–Crippen LogP) is 2.72. The first-order valence-electron chi connectivity index (χ1n) is 9.00. The number of aromatic nitrogens is 3. The molecule has 1 amide bonds. The Balaban J connectivity index is 1.90. The molecule has 0 saturated heterocycles. The van der Waals surface area contributed by atoms with E-state index in [0.29, 0.717) is 5.56 Å². The summed E-state index contributed by atoms with van der Waals surface area (Å²) < 4.78 is 1.74. The molecule has 2 aromatic rings. The van der Waals surface area contributed by atoms with Crippen LogP contribution in [0.15, 0.2) is 30.9 Å². The molecule has 0 fully saturated rings. The fourth-order valence-corrected chi connectivity index (χ4v) is 2.83. The molecule has 0 saturated carbocycles. The molecule has 0 aliphatic rings. The molecule has 0 unspecified atom stereocenters. The highest BCUT2D eigenvalue weighted by Crippen LogP contribution is 2.18. The Bertz CT molecular complexity index is 678. The molecule has 2 rings (SSSR count). The molecule has 0 aliphatic heterocycles. The van der Waals surface area contributed by atoms with Crippen LogP contribution in [0.5, 0.6) is 0 Å². The van der Waals surface area contributed by atoms with Crippen LogP contribution >= 0.6 is 0 Å². The molecule has 136 valence electrons. The van der Waals surface area contributed by atoms with Crippen molar-refractivity contribution >= 4 is 5.91 Å². The molecule has 0 bridgehead atoms. The van der Waals surface area contributed by atoms with Crippen molar-refractivity contribution in [2.45, 2.75) is 39.7 Å². The normalized spacial score (nSPS) is 12.4. The fraction of sp³-hybridized carbons (Fsp3) is 0.526. The molecule has 0 aromatic carbocycles. The monoisotopic (exact) mass is 343 g/mol. The highest BCUT2D eigenvalue weighted by atomic mass is 16.1. The topological polar surface area (TPSA) is 63.1 Å². The van der Waals surface area contributed by atoms with E-state index in [2.05, 4.69) is 41.1 Å². The molecule has 2 aromatic heterocycles. The third-order valence-electron chi connectivity index (χ3n) is 4.42. The highest BCUT2D eigenvalue weighted by molar-refractivity contribution is 5.95. The van der Waals surface area contributed by atoms with Gasteiger partial charge >= 0.3 is 0 Å². The summed E-state index contributed by atoms with van der Waals surface area (Å²) in [6, 6.07) is 2.01. The van der Waals surface area contributed by atoms with Gasteiger partial charge in [0, 0.05) is 42.8 Å². The van der Waals surface area contributed by atoms with Crippen LogP contribution in [0.3, 0.4) is 0 Å². The van der Waals surface area contributed by atoms with Gasteiger partial charge in [-0.15, -0.1) is 0 Å². The summed E-state index contributed by atoms with van der Waals surface area (Å²) in [5.41, 5.74) is 2.43. The van der Waals surface area contributed by atoms with Crippen LogP contribution in [0.1, 0.15) is 44.0 Å². The molecular weight excluding hydrogens is 314 g/mol. The van der Waals surface area contributed by atoms with Crippen molar-refractivity contribution in [1.82, 2.24) is 25.0 Å². The molecule has 2 heterocycles. The Hall–Kier alpha value is -2.21. The van der Waals surface area contributed by atoms with E-state index in [9.17, 15) is 4.79 Å². The van der Waals surface area contributed by atoms with Gasteiger partial charge in [0.25, 0.3) is 5.91 Å². The lowest BCUT2D eigenvalue weighted by molar-refractivity contribution is 0.0937. The van der Waals surface area contributed by atoms with Gasteiger partial charge in [0.05, 0.1) is 11.8 Å². The lowest BCUT2D eigenvalue weighted by atomic mass is 10.1. The van der Waals surface area contributed by atoms with Crippen molar-refractivity contribution in [3.8, 4) is 11.1 Å². The zero-order valence-electron chi connectivity index (χ0n) is 15.7. The summed E-state index contributed by atoms with van der Waals surface area (Å²) in [7, 11) is 1.87. The average molecular weight is 343 g/mol. The molecule has 1 atom stereocenters. The van der Waals surface area contributed by atoms with Gasteiger partial charge in [-0.1, -0.05) is 13.8 Å². The molecule has 1 N–H and O–H groups in total. The van der Waals surface area contributed by atoms with E-state index in [1.54, 1.807) is 23.3 Å². The van der Waals surface area contributed by atoms with Crippen LogP contribution in [0.2, 0.25) is 0 Å². The number of hydrogen-bond donors (Lipinski definition) is 1. The standard InChI is InChI=1S/C19H29N5O/c1-5-24(6-2)9-7-8-15(3)22-19(25)17-10-16(11-20-12-17)18-13-21-23(4)14-18/h10-15H,5-9H2,1-4H3,(H,22,25)/t15-/m1/s1. The maximum atomic E-state index is 12.5. The van der Waals surface area contributed by atoms with Crippen LogP contribution in [0.25, 0.3) is 11.1 Å². The van der Waals surface area contributed by atoms with Crippen molar-refractivity contribution in [2.24, 2.45) is 7.05 Å². The Morgan fingerprint density at radius 1 is 1.24 bits per heavy atom. The number of rotatable bonds is 9. The van der Waals surface area contributed by atoms with Gasteiger partial charge in [0.15, 0.2) is 0 Å². The van der Waals surface area contributed by atoms with Crippen molar-refractivity contribution in [3.05, 3.63) is 36.4 Å². The largest absolute Gasteiger partial charge is 0.350 e. The number of carbonyl (C=O) groups excluding carboxylic acids is 1. The summed E-state index contributed by atoms with van der Waals surface area (Å²) >= 11 is 0. The maximum absolute atomic E-state index is 12.5. The molecule has 6 nitrogen and oxygen atoms in total. The van der Waals surface area contributed by atoms with Crippen molar-refractivity contribution in [1.29, 1.82) is 0 Å². The van der Waals surface area contributed by atoms with E-state index in [4.69, 9.17) is 0 Å². The molecule has 0 radical (unpaired) electrons. The Kier molecular flexibility index (Phi) is 7.13. The summed E-state index contributed by atoms with van der Waals surface area (Å²) in [5, 5.41) is 7.23. The van der Waals surface area contributed by atoms with Crippen molar-refractivity contribution in [3.63, 3.8) is 0 Å². The Morgan fingerprint density at radius 3 is 2.64 bits per heavy atom. The molecule has 0 aliphatic carbocycles. The van der Waals surface area contributed by atoms with Gasteiger partial charge in [0.1, 0.15) is 0 Å². The summed E-state index contributed by atoms with van der Waals surface area (Å²) in [6.45, 7) is 9.63. The molecule has 25 heavy (non-hydrogen) atoms. The minimum absolute atomic E-state index is 0.0754. The first kappa shape index (κ1) is 19.1. The van der Waals surface area contributed by atoms with Gasteiger partial charge in [-0.3, -0.25) is 14.5 Å². The summed E-state index contributed by atoms with van der Waals surface area (Å²) in [6.07, 6.45) is 9.09. The first-order valence-corrected chi connectivity index (χ1v) is 9.00. The van der Waals surface area contributed by atoms with Gasteiger partial charge < -0.3 is 10.2 Å². The third kappa shape index (κ3) is 5.67. The second-order valence-electron chi connectivity index (χ2n) is 6.41. The number of nitrogens with one attached hydrogen (secondary N) is 1. The number of amides is 1. The molecule has 6 heteroatoms. The Morgan fingerprint density at radius 2 is 2.00 bits per heavy atom. The second-order valence-corrected chi connectivity index (χ2v) is 6.41. The van der Waals surface area contributed by atoms with E-state index in [0.717, 1.165) is 43.6 Å². The lowest BCUT2D eigenvalue weighted by Gasteiger charge is -2.19. The van der Waals surface area contributed by atoms with Gasteiger partial charge in [-0.2, -0.15) is 5.10 Å². The van der Waals surface area contributed by atoms with Crippen LogP contribution in [0.4, 0.5) is 0 Å². The lowest BCUT2D eigenvalue weighted by Crippen LogP contribution is -2.33. The SMILES string of the molecule is CCN(CC)CCC[C@@H](C)NC(=O)c1cncc(-c2cnn(C)c2)c1. The van der Waals surface area contributed by atoms with Crippen molar-refractivity contribution < 1.29 is 4.79 Å². The van der Waals surface area contributed by atoms with Crippen LogP contribution in [0, 0.1) is 0 Å². The quantitative estimate of drug-likeness (QED) is 0.760. The highest BCUT2D eigenvalue weighted by Gasteiger charge is 2.12. The zero-order valence-corrected chi connectivity index (χ0v) is 15.7. The first-order chi connectivity index (χ1) is 12.0. The van der Waals surface area contributed by atoms with Crippen molar-refractivity contribution in [2.75, 3.05) is 19.6 Å². The minimum atomic E-state index is -0.0754. The van der Waals surface area contributed by atoms with E-state index in [-0.39, 0.29) is 11.9 Å². The van der Waals surface area contributed by atoms with E-state index in [1.807, 2.05) is 19.3 Å². The van der Waals surface area contributed by atoms with E-state index in [1.165, 1.54) is 0 Å². The number of carbonyl (C=O) groups is 1. The minimum Gasteiger partial charge on any atom is -0.350 e. The summed E-state index contributed by atoms with van der Waals surface area (Å²) in [4.78, 5) is 19.1. The van der Waals surface area contributed by atoms with Gasteiger partial charge in [0.2, 0.25) is 0 Å². The fourth-order valence-electron chi connectivity index (χ4n) is 2.83. The number of aryl methyl sites for hydroxylation is 1. The number of nitrogens with zero attached hydrogens (tertiary/aromatic N) is 4. The third-order valence-corrected chi connectivity index (χ3v) is 4.42. The Labute approximate surface area is 150 Å². The zero-order chi connectivity index (χ0) is 18.2. The van der Waals surface area contributed by atoms with Gasteiger partial charge in [-0.05, 0) is 45.5 Å². The molecule has 0 spiro atoms. The smallest absolute Gasteiger partial charge is 0.253 e. The van der Waals surface area contributed by atoms with Crippen LogP contribution in [-0.4, -0.2) is 51.2 Å². The van der Waals surface area contributed by atoms with Gasteiger partial charge in [-0.25, -0.2) is 0 Å².